The number of hydrogen-bond donors (Lipinski definition) is 0. The van der Waals surface area contributed by atoms with Gasteiger partial charge in [-0.2, -0.15) is 0 Å². The molecule has 0 aromatic heterocycles. The maximum atomic E-state index is 11.9. The standard InChI is InChI=1S/C17H22N2O2/c1-5-14-6-8-15(9-7-14)18-10-12-19(13-11-18)21-16(20)17(2,3)4/h1,6-9H,10-13H2,2-4H3. The molecule has 1 heterocycles. The van der Waals surface area contributed by atoms with Crippen molar-refractivity contribution in [2.75, 3.05) is 31.1 Å². The molecule has 21 heavy (non-hydrogen) atoms. The molecule has 0 radical (unpaired) electrons. The number of carbonyl (C=O) groups excluding carboxylic acids is 1. The lowest BCUT2D eigenvalue weighted by Crippen LogP contribution is -2.48. The molecule has 4 heteroatoms. The average molecular weight is 286 g/mol. The van der Waals surface area contributed by atoms with Crippen LogP contribution in [0.25, 0.3) is 0 Å². The summed E-state index contributed by atoms with van der Waals surface area (Å²) in [5, 5.41) is 1.75. The van der Waals surface area contributed by atoms with Crippen LogP contribution in [0.15, 0.2) is 24.3 Å². The van der Waals surface area contributed by atoms with Crippen LogP contribution in [0, 0.1) is 17.8 Å². The first-order valence-corrected chi connectivity index (χ1v) is 7.19. The fourth-order valence-corrected chi connectivity index (χ4v) is 2.06. The molecule has 1 fully saturated rings. The van der Waals surface area contributed by atoms with Crippen molar-refractivity contribution >= 4 is 11.7 Å². The van der Waals surface area contributed by atoms with E-state index in [-0.39, 0.29) is 5.97 Å². The van der Waals surface area contributed by atoms with Gasteiger partial charge in [0, 0.05) is 24.3 Å². The quantitative estimate of drug-likeness (QED) is 0.781. The van der Waals surface area contributed by atoms with Gasteiger partial charge >= 0.3 is 5.97 Å². The zero-order valence-corrected chi connectivity index (χ0v) is 12.9. The van der Waals surface area contributed by atoms with Crippen molar-refractivity contribution in [2.24, 2.45) is 5.41 Å². The molecule has 0 unspecified atom stereocenters. The second-order valence-corrected chi connectivity index (χ2v) is 6.24. The number of carbonyl (C=O) groups is 1. The number of hydroxylamine groups is 2. The Balaban J connectivity index is 1.88. The van der Waals surface area contributed by atoms with E-state index in [1.54, 1.807) is 5.06 Å². The van der Waals surface area contributed by atoms with Crippen LogP contribution in [0.5, 0.6) is 0 Å². The van der Waals surface area contributed by atoms with Gasteiger partial charge in [0.15, 0.2) is 0 Å². The van der Waals surface area contributed by atoms with Gasteiger partial charge in [0.1, 0.15) is 0 Å². The summed E-state index contributed by atoms with van der Waals surface area (Å²) in [5.74, 6) is 2.43. The minimum atomic E-state index is -0.470. The zero-order chi connectivity index (χ0) is 15.5. The summed E-state index contributed by atoms with van der Waals surface area (Å²) < 4.78 is 0. The van der Waals surface area contributed by atoms with E-state index < -0.39 is 5.41 Å². The summed E-state index contributed by atoms with van der Waals surface area (Å²) >= 11 is 0. The van der Waals surface area contributed by atoms with E-state index in [1.165, 1.54) is 0 Å². The molecule has 0 N–H and O–H groups in total. The highest BCUT2D eigenvalue weighted by atomic mass is 16.7. The third kappa shape index (κ3) is 3.99. The molecule has 0 aliphatic carbocycles. The Hall–Kier alpha value is -1.99. The third-order valence-electron chi connectivity index (χ3n) is 3.46. The number of piperazine rings is 1. The second kappa shape index (κ2) is 6.19. The first-order valence-electron chi connectivity index (χ1n) is 7.19. The molecular weight excluding hydrogens is 264 g/mol. The summed E-state index contributed by atoms with van der Waals surface area (Å²) in [5.41, 5.74) is 1.56. The van der Waals surface area contributed by atoms with E-state index in [0.29, 0.717) is 13.1 Å². The van der Waals surface area contributed by atoms with Crippen molar-refractivity contribution in [3.05, 3.63) is 29.8 Å². The number of hydrogen-bond acceptors (Lipinski definition) is 4. The molecule has 1 aromatic rings. The Morgan fingerprint density at radius 2 is 1.71 bits per heavy atom. The summed E-state index contributed by atoms with van der Waals surface area (Å²) in [6.45, 7) is 8.65. The van der Waals surface area contributed by atoms with Gasteiger partial charge in [-0.25, -0.2) is 4.79 Å². The van der Waals surface area contributed by atoms with Crippen LogP contribution < -0.4 is 4.90 Å². The molecule has 112 valence electrons. The van der Waals surface area contributed by atoms with Gasteiger partial charge in [-0.1, -0.05) is 5.92 Å². The maximum Gasteiger partial charge on any atom is 0.330 e. The topological polar surface area (TPSA) is 32.8 Å². The minimum Gasteiger partial charge on any atom is -0.369 e. The molecular formula is C17H22N2O2. The maximum absolute atomic E-state index is 11.9. The van der Waals surface area contributed by atoms with Crippen LogP contribution in [-0.4, -0.2) is 37.2 Å². The molecule has 0 spiro atoms. The normalized spacial score (nSPS) is 16.4. The molecule has 1 aliphatic heterocycles. The van der Waals surface area contributed by atoms with E-state index in [4.69, 9.17) is 11.3 Å². The van der Waals surface area contributed by atoms with Gasteiger partial charge in [0.05, 0.1) is 18.5 Å². The van der Waals surface area contributed by atoms with Crippen molar-refractivity contribution in [1.82, 2.24) is 5.06 Å². The van der Waals surface area contributed by atoms with Gasteiger partial charge in [-0.15, -0.1) is 11.5 Å². The lowest BCUT2D eigenvalue weighted by atomic mass is 9.98. The molecule has 2 rings (SSSR count). The van der Waals surface area contributed by atoms with Gasteiger partial charge in [0.25, 0.3) is 0 Å². The van der Waals surface area contributed by atoms with Crippen LogP contribution in [-0.2, 0) is 9.63 Å². The van der Waals surface area contributed by atoms with Crippen LogP contribution in [0.3, 0.4) is 0 Å². The van der Waals surface area contributed by atoms with Gasteiger partial charge in [-0.05, 0) is 45.0 Å². The van der Waals surface area contributed by atoms with Gasteiger partial charge in [0.2, 0.25) is 0 Å². The highest BCUT2D eigenvalue weighted by molar-refractivity contribution is 5.75. The molecule has 4 nitrogen and oxygen atoms in total. The highest BCUT2D eigenvalue weighted by Gasteiger charge is 2.27. The average Bonchev–Trinajstić information content (AvgIpc) is 2.47. The highest BCUT2D eigenvalue weighted by Crippen LogP contribution is 2.19. The fraction of sp³-hybridized carbons (Fsp3) is 0.471. The van der Waals surface area contributed by atoms with Crippen molar-refractivity contribution in [3.8, 4) is 12.3 Å². The lowest BCUT2D eigenvalue weighted by Gasteiger charge is -2.35. The second-order valence-electron chi connectivity index (χ2n) is 6.24. The third-order valence-corrected chi connectivity index (χ3v) is 3.46. The largest absolute Gasteiger partial charge is 0.369 e. The Labute approximate surface area is 126 Å². The predicted molar refractivity (Wildman–Crippen MR) is 83.7 cm³/mol. The Morgan fingerprint density at radius 3 is 2.19 bits per heavy atom. The zero-order valence-electron chi connectivity index (χ0n) is 12.9. The smallest absolute Gasteiger partial charge is 0.330 e. The van der Waals surface area contributed by atoms with Crippen LogP contribution in [0.1, 0.15) is 26.3 Å². The SMILES string of the molecule is C#Cc1ccc(N2CCN(OC(=O)C(C)(C)C)CC2)cc1. The lowest BCUT2D eigenvalue weighted by molar-refractivity contribution is -0.201. The van der Waals surface area contributed by atoms with E-state index in [1.807, 2.05) is 45.0 Å². The molecule has 0 atom stereocenters. The molecule has 0 bridgehead atoms. The monoisotopic (exact) mass is 286 g/mol. The summed E-state index contributed by atoms with van der Waals surface area (Å²) in [4.78, 5) is 19.5. The minimum absolute atomic E-state index is 0.186. The first kappa shape index (κ1) is 15.4. The molecule has 1 saturated heterocycles. The van der Waals surface area contributed by atoms with Crippen LogP contribution in [0.2, 0.25) is 0 Å². The molecule has 1 aliphatic rings. The fourth-order valence-electron chi connectivity index (χ4n) is 2.06. The Kier molecular flexibility index (Phi) is 4.54. The van der Waals surface area contributed by atoms with E-state index in [9.17, 15) is 4.79 Å². The molecule has 0 saturated carbocycles. The first-order chi connectivity index (χ1) is 9.90. The predicted octanol–water partition coefficient (Wildman–Crippen LogP) is 2.29. The Morgan fingerprint density at radius 1 is 1.14 bits per heavy atom. The summed E-state index contributed by atoms with van der Waals surface area (Å²) in [6, 6.07) is 7.96. The van der Waals surface area contributed by atoms with E-state index >= 15 is 0 Å². The van der Waals surface area contributed by atoms with Crippen LogP contribution in [0.4, 0.5) is 5.69 Å². The summed E-state index contributed by atoms with van der Waals surface area (Å²) in [7, 11) is 0. The summed E-state index contributed by atoms with van der Waals surface area (Å²) in [6.07, 6.45) is 5.36. The van der Waals surface area contributed by atoms with Crippen molar-refractivity contribution in [2.45, 2.75) is 20.8 Å². The van der Waals surface area contributed by atoms with Crippen LogP contribution >= 0.6 is 0 Å². The van der Waals surface area contributed by atoms with Crippen molar-refractivity contribution in [1.29, 1.82) is 0 Å². The number of terminal acetylenes is 1. The Bertz CT molecular complexity index is 529. The van der Waals surface area contributed by atoms with Gasteiger partial charge < -0.3 is 9.74 Å². The van der Waals surface area contributed by atoms with E-state index in [2.05, 4.69) is 10.8 Å². The number of benzene rings is 1. The van der Waals surface area contributed by atoms with Crippen molar-refractivity contribution in [3.63, 3.8) is 0 Å². The molecule has 1 aromatic carbocycles. The number of nitrogens with zero attached hydrogens (tertiary/aromatic N) is 2. The van der Waals surface area contributed by atoms with E-state index in [0.717, 1.165) is 24.3 Å². The van der Waals surface area contributed by atoms with Gasteiger partial charge in [-0.3, -0.25) is 0 Å². The number of anilines is 1. The van der Waals surface area contributed by atoms with Crippen molar-refractivity contribution < 1.29 is 9.63 Å². The number of rotatable bonds is 2. The molecule has 0 amide bonds.